The normalized spacial score (nSPS) is 21.7. The molecule has 20 heavy (non-hydrogen) atoms. The monoisotopic (exact) mass is 291 g/mol. The molecule has 0 bridgehead atoms. The zero-order chi connectivity index (χ0) is 16.1. The van der Waals surface area contributed by atoms with Gasteiger partial charge in [0, 0.05) is 11.1 Å². The van der Waals surface area contributed by atoms with Crippen LogP contribution in [0.3, 0.4) is 0 Å². The summed E-state index contributed by atoms with van der Waals surface area (Å²) in [5.74, 6) is -2.15. The molecule has 1 aliphatic heterocycles. The van der Waals surface area contributed by atoms with Crippen LogP contribution >= 0.6 is 0 Å². The van der Waals surface area contributed by atoms with Gasteiger partial charge in [0.25, 0.3) is 0 Å². The molecule has 0 saturated carbocycles. The highest BCUT2D eigenvalue weighted by Gasteiger charge is 2.44. The molecule has 7 nitrogen and oxygen atoms in total. The molecule has 1 rings (SSSR count). The number of aliphatic hydroxyl groups excluding tert-OH is 1. The molecule has 0 spiro atoms. The van der Waals surface area contributed by atoms with Crippen molar-refractivity contribution in [2.45, 2.75) is 70.6 Å². The molecular weight excluding hydrogens is 266 g/mol. The van der Waals surface area contributed by atoms with E-state index in [9.17, 15) is 19.9 Å². The molecule has 1 aliphatic rings. The number of carbonyl (C=O) groups is 2. The van der Waals surface area contributed by atoms with Crippen LogP contribution in [0.25, 0.3) is 0 Å². The molecule has 0 aliphatic carbocycles. The molecule has 4 N–H and O–H groups in total. The van der Waals surface area contributed by atoms with Crippen molar-refractivity contribution in [3.8, 4) is 0 Å². The lowest BCUT2D eigenvalue weighted by atomic mass is 9.80. The molecule has 7 heteroatoms. The fraction of sp³-hybridized carbons (Fsp3) is 0.846. The smallest absolute Gasteiger partial charge is 0.303 e. The number of carboxylic acid groups (broad SMARTS) is 2. The van der Waals surface area contributed by atoms with Gasteiger partial charge in [-0.15, -0.1) is 0 Å². The Morgan fingerprint density at radius 1 is 1.00 bits per heavy atom. The largest absolute Gasteiger partial charge is 0.481 e. The van der Waals surface area contributed by atoms with Gasteiger partial charge < -0.3 is 20.5 Å². The first-order valence-electron chi connectivity index (χ1n) is 6.49. The molecule has 1 heterocycles. The number of aliphatic hydroxyl groups is 1. The molecular formula is C13H25NO6. The Labute approximate surface area is 118 Å². The summed E-state index contributed by atoms with van der Waals surface area (Å²) >= 11 is 0. The van der Waals surface area contributed by atoms with E-state index in [1.165, 1.54) is 5.06 Å². The molecule has 0 radical (unpaired) electrons. The lowest BCUT2D eigenvalue weighted by Crippen LogP contribution is -2.60. The third-order valence-electron chi connectivity index (χ3n) is 3.17. The van der Waals surface area contributed by atoms with Crippen LogP contribution in [0.1, 0.15) is 53.4 Å². The number of piperidine rings is 1. The maximum absolute atomic E-state index is 9.80. The van der Waals surface area contributed by atoms with Crippen LogP contribution < -0.4 is 0 Å². The first-order valence-corrected chi connectivity index (χ1v) is 6.49. The first kappa shape index (κ1) is 18.8. The van der Waals surface area contributed by atoms with Crippen molar-refractivity contribution >= 4 is 11.9 Å². The van der Waals surface area contributed by atoms with E-state index in [-0.39, 0.29) is 30.0 Å². The summed E-state index contributed by atoms with van der Waals surface area (Å²) in [6, 6.07) is 0. The summed E-state index contributed by atoms with van der Waals surface area (Å²) in [7, 11) is 0. The topological polar surface area (TPSA) is 118 Å². The SMILES string of the molecule is CC1(C)CC(O)CC(C)(C)N1O.O=C(O)CCC(=O)O. The lowest BCUT2D eigenvalue weighted by Gasteiger charge is -2.50. The Hall–Kier alpha value is -1.18. The molecule has 0 aromatic carbocycles. The van der Waals surface area contributed by atoms with Crippen molar-refractivity contribution in [1.82, 2.24) is 5.06 Å². The van der Waals surface area contributed by atoms with Crippen molar-refractivity contribution in [3.05, 3.63) is 0 Å². The fourth-order valence-electron chi connectivity index (χ4n) is 2.43. The van der Waals surface area contributed by atoms with E-state index in [2.05, 4.69) is 0 Å². The molecule has 0 unspecified atom stereocenters. The summed E-state index contributed by atoms with van der Waals surface area (Å²) in [5, 5.41) is 36.5. The second-order valence-corrected chi connectivity index (χ2v) is 6.29. The summed E-state index contributed by atoms with van der Waals surface area (Å²) in [6.45, 7) is 7.77. The van der Waals surface area contributed by atoms with Gasteiger partial charge in [0.15, 0.2) is 0 Å². The molecule has 1 fully saturated rings. The number of rotatable bonds is 3. The summed E-state index contributed by atoms with van der Waals surface area (Å²) in [4.78, 5) is 19.3. The molecule has 118 valence electrons. The highest BCUT2D eigenvalue weighted by Crippen LogP contribution is 2.36. The first-order chi connectivity index (χ1) is 8.88. The number of nitrogens with zero attached hydrogens (tertiary/aromatic N) is 1. The van der Waals surface area contributed by atoms with Crippen LogP contribution in [-0.4, -0.2) is 54.7 Å². The number of aliphatic carboxylic acids is 2. The Bertz CT molecular complexity index is 321. The van der Waals surface area contributed by atoms with Gasteiger partial charge in [-0.2, -0.15) is 5.06 Å². The van der Waals surface area contributed by atoms with E-state index in [0.29, 0.717) is 12.8 Å². The Morgan fingerprint density at radius 3 is 1.55 bits per heavy atom. The standard InChI is InChI=1S/C9H19NO2.C4H6O4/c1-8(2)5-7(11)6-9(3,4)10(8)12;5-3(6)1-2-4(7)8/h7,11-12H,5-6H2,1-4H3;1-2H2,(H,5,6)(H,7,8). The zero-order valence-corrected chi connectivity index (χ0v) is 12.5. The molecule has 0 aromatic heterocycles. The van der Waals surface area contributed by atoms with Gasteiger partial charge in [-0.1, -0.05) is 0 Å². The molecule has 0 amide bonds. The third-order valence-corrected chi connectivity index (χ3v) is 3.17. The number of hydroxylamine groups is 2. The van der Waals surface area contributed by atoms with Crippen molar-refractivity contribution in [1.29, 1.82) is 0 Å². The van der Waals surface area contributed by atoms with E-state index in [4.69, 9.17) is 10.2 Å². The van der Waals surface area contributed by atoms with E-state index >= 15 is 0 Å². The minimum atomic E-state index is -1.08. The van der Waals surface area contributed by atoms with Gasteiger partial charge in [-0.25, -0.2) is 0 Å². The van der Waals surface area contributed by atoms with Crippen LogP contribution in [-0.2, 0) is 9.59 Å². The van der Waals surface area contributed by atoms with Gasteiger partial charge in [0.05, 0.1) is 18.9 Å². The third kappa shape index (κ3) is 6.31. The van der Waals surface area contributed by atoms with E-state index in [1.54, 1.807) is 0 Å². The lowest BCUT2D eigenvalue weighted by molar-refractivity contribution is -0.257. The van der Waals surface area contributed by atoms with Gasteiger partial charge in [-0.05, 0) is 40.5 Å². The van der Waals surface area contributed by atoms with E-state index in [0.717, 1.165) is 0 Å². The summed E-state index contributed by atoms with van der Waals surface area (Å²) in [6.07, 6.45) is 0.378. The summed E-state index contributed by atoms with van der Waals surface area (Å²) < 4.78 is 0. The summed E-state index contributed by atoms with van der Waals surface area (Å²) in [5.41, 5.74) is -0.637. The fourth-order valence-corrected chi connectivity index (χ4v) is 2.43. The van der Waals surface area contributed by atoms with Gasteiger partial charge in [0.1, 0.15) is 0 Å². The van der Waals surface area contributed by atoms with E-state index < -0.39 is 11.9 Å². The quantitative estimate of drug-likeness (QED) is 0.619. The Morgan fingerprint density at radius 2 is 1.30 bits per heavy atom. The van der Waals surface area contributed by atoms with Crippen LogP contribution in [0.15, 0.2) is 0 Å². The predicted octanol–water partition coefficient (Wildman–Crippen LogP) is 1.33. The number of carboxylic acids is 2. The maximum Gasteiger partial charge on any atom is 0.303 e. The average Bonchev–Trinajstić information content (AvgIpc) is 2.22. The second-order valence-electron chi connectivity index (χ2n) is 6.29. The molecule has 0 aromatic rings. The van der Waals surface area contributed by atoms with Crippen LogP contribution in [0.4, 0.5) is 0 Å². The van der Waals surface area contributed by atoms with Crippen molar-refractivity contribution in [3.63, 3.8) is 0 Å². The minimum Gasteiger partial charge on any atom is -0.481 e. The zero-order valence-electron chi connectivity index (χ0n) is 12.5. The molecule has 0 atom stereocenters. The van der Waals surface area contributed by atoms with Crippen molar-refractivity contribution < 1.29 is 30.1 Å². The second kappa shape index (κ2) is 7.01. The van der Waals surface area contributed by atoms with Gasteiger partial charge in [0.2, 0.25) is 0 Å². The van der Waals surface area contributed by atoms with E-state index in [1.807, 2.05) is 27.7 Å². The number of hydrogen-bond acceptors (Lipinski definition) is 5. The average molecular weight is 291 g/mol. The highest BCUT2D eigenvalue weighted by atomic mass is 16.5. The Kier molecular flexibility index (Phi) is 6.60. The maximum atomic E-state index is 9.80. The van der Waals surface area contributed by atoms with Gasteiger partial charge >= 0.3 is 11.9 Å². The van der Waals surface area contributed by atoms with Gasteiger partial charge in [-0.3, -0.25) is 9.59 Å². The highest BCUT2D eigenvalue weighted by molar-refractivity contribution is 5.75. The Balaban J connectivity index is 0.000000396. The predicted molar refractivity (Wildman–Crippen MR) is 71.5 cm³/mol. The van der Waals surface area contributed by atoms with Crippen molar-refractivity contribution in [2.24, 2.45) is 0 Å². The van der Waals surface area contributed by atoms with Crippen LogP contribution in [0.5, 0.6) is 0 Å². The van der Waals surface area contributed by atoms with Crippen LogP contribution in [0.2, 0.25) is 0 Å². The van der Waals surface area contributed by atoms with Crippen LogP contribution in [0, 0.1) is 0 Å². The number of hydrogen-bond donors (Lipinski definition) is 4. The molecule has 1 saturated heterocycles. The minimum absolute atomic E-state index is 0.293. The van der Waals surface area contributed by atoms with Crippen molar-refractivity contribution in [2.75, 3.05) is 0 Å².